The summed E-state index contributed by atoms with van der Waals surface area (Å²) in [6, 6.07) is 9.78. The van der Waals surface area contributed by atoms with Crippen LogP contribution in [0.1, 0.15) is 5.56 Å². The molecule has 0 amide bonds. The van der Waals surface area contributed by atoms with Crippen molar-refractivity contribution in [3.8, 4) is 6.07 Å². The molecule has 0 aromatic heterocycles. The van der Waals surface area contributed by atoms with Crippen molar-refractivity contribution in [2.45, 2.75) is 0 Å². The maximum absolute atomic E-state index is 13.1. The van der Waals surface area contributed by atoms with Gasteiger partial charge in [-0.3, -0.25) is 20.2 Å². The second kappa shape index (κ2) is 7.25. The Hall–Kier alpha value is -3.74. The Labute approximate surface area is 153 Å². The van der Waals surface area contributed by atoms with Gasteiger partial charge in [-0.1, -0.05) is 0 Å². The van der Waals surface area contributed by atoms with E-state index in [1.165, 1.54) is 12.1 Å². The third-order valence-electron chi connectivity index (χ3n) is 4.38. The fourth-order valence-corrected chi connectivity index (χ4v) is 3.11. The molecule has 1 aliphatic rings. The molecule has 2 aromatic rings. The molecule has 0 atom stereocenters. The monoisotopic (exact) mass is 371 g/mol. The first-order chi connectivity index (χ1) is 12.9. The van der Waals surface area contributed by atoms with E-state index in [9.17, 15) is 24.6 Å². The first-order valence-electron chi connectivity index (χ1n) is 8.03. The topological polar surface area (TPSA) is 117 Å². The van der Waals surface area contributed by atoms with Crippen LogP contribution in [0.2, 0.25) is 0 Å². The normalized spacial score (nSPS) is 13.9. The average molecular weight is 371 g/mol. The zero-order valence-electron chi connectivity index (χ0n) is 14.0. The lowest BCUT2D eigenvalue weighted by atomic mass is 10.1. The zero-order valence-corrected chi connectivity index (χ0v) is 14.0. The largest absolute Gasteiger partial charge is 0.368 e. The average Bonchev–Trinajstić information content (AvgIpc) is 2.67. The van der Waals surface area contributed by atoms with Crippen molar-refractivity contribution in [1.82, 2.24) is 0 Å². The Morgan fingerprint density at radius 1 is 0.926 bits per heavy atom. The molecule has 138 valence electrons. The highest BCUT2D eigenvalue weighted by atomic mass is 19.1. The van der Waals surface area contributed by atoms with Crippen LogP contribution in [-0.4, -0.2) is 36.0 Å². The summed E-state index contributed by atoms with van der Waals surface area (Å²) < 4.78 is 13.1. The van der Waals surface area contributed by atoms with Crippen molar-refractivity contribution < 1.29 is 14.2 Å². The molecule has 1 aliphatic heterocycles. The Morgan fingerprint density at radius 3 is 1.85 bits per heavy atom. The van der Waals surface area contributed by atoms with Gasteiger partial charge in [-0.25, -0.2) is 4.39 Å². The molecular weight excluding hydrogens is 357 g/mol. The number of nitro groups is 2. The van der Waals surface area contributed by atoms with Crippen LogP contribution in [0.25, 0.3) is 0 Å². The summed E-state index contributed by atoms with van der Waals surface area (Å²) in [4.78, 5) is 25.0. The Balaban J connectivity index is 1.91. The molecule has 1 fully saturated rings. The molecule has 1 saturated heterocycles. The smallest absolute Gasteiger partial charge is 0.300 e. The van der Waals surface area contributed by atoms with Gasteiger partial charge < -0.3 is 9.80 Å². The predicted molar refractivity (Wildman–Crippen MR) is 95.3 cm³/mol. The molecular formula is C17H14FN5O4. The van der Waals surface area contributed by atoms with Crippen LogP contribution in [0.3, 0.4) is 0 Å². The van der Waals surface area contributed by atoms with Gasteiger partial charge in [0, 0.05) is 44.0 Å². The fraction of sp³-hybridized carbons (Fsp3) is 0.235. The number of anilines is 2. The predicted octanol–water partition coefficient (Wildman–Crippen LogP) is 2.84. The Bertz CT molecular complexity index is 898. The molecule has 27 heavy (non-hydrogen) atoms. The highest BCUT2D eigenvalue weighted by Crippen LogP contribution is 2.39. The third-order valence-corrected chi connectivity index (χ3v) is 4.38. The molecule has 0 N–H and O–H groups in total. The number of benzene rings is 2. The van der Waals surface area contributed by atoms with Crippen LogP contribution in [0.5, 0.6) is 0 Å². The van der Waals surface area contributed by atoms with E-state index in [1.807, 2.05) is 4.90 Å². The number of hydrogen-bond acceptors (Lipinski definition) is 7. The minimum absolute atomic E-state index is 0.0947. The molecule has 9 nitrogen and oxygen atoms in total. The molecule has 0 radical (unpaired) electrons. The number of hydrogen-bond donors (Lipinski definition) is 0. The molecule has 0 saturated carbocycles. The minimum atomic E-state index is -0.713. The summed E-state index contributed by atoms with van der Waals surface area (Å²) in [6.45, 7) is 1.54. The number of nitro benzene ring substituents is 2. The van der Waals surface area contributed by atoms with Crippen molar-refractivity contribution in [3.05, 3.63) is 68.0 Å². The van der Waals surface area contributed by atoms with Crippen molar-refractivity contribution in [3.63, 3.8) is 0 Å². The number of piperazine rings is 1. The minimum Gasteiger partial charge on any atom is -0.368 e. The van der Waals surface area contributed by atoms with E-state index >= 15 is 0 Å². The van der Waals surface area contributed by atoms with Crippen molar-refractivity contribution in [2.24, 2.45) is 0 Å². The number of halogens is 1. The number of nitriles is 1. The highest BCUT2D eigenvalue weighted by Gasteiger charge is 2.33. The van der Waals surface area contributed by atoms with E-state index in [1.54, 1.807) is 23.1 Å². The maximum Gasteiger partial charge on any atom is 0.300 e. The summed E-state index contributed by atoms with van der Waals surface area (Å²) in [5.41, 5.74) is -0.350. The molecule has 0 spiro atoms. The summed E-state index contributed by atoms with van der Waals surface area (Å²) >= 11 is 0. The van der Waals surface area contributed by atoms with Gasteiger partial charge in [0.2, 0.25) is 0 Å². The van der Waals surface area contributed by atoms with Crippen molar-refractivity contribution in [1.29, 1.82) is 5.26 Å². The molecule has 0 bridgehead atoms. The Kier molecular flexibility index (Phi) is 4.85. The van der Waals surface area contributed by atoms with Gasteiger partial charge in [-0.15, -0.1) is 0 Å². The second-order valence-electron chi connectivity index (χ2n) is 5.94. The van der Waals surface area contributed by atoms with E-state index in [4.69, 9.17) is 5.26 Å². The van der Waals surface area contributed by atoms with Gasteiger partial charge in [0.05, 0.1) is 21.5 Å². The van der Waals surface area contributed by atoms with Gasteiger partial charge in [0.25, 0.3) is 0 Å². The van der Waals surface area contributed by atoms with Crippen LogP contribution >= 0.6 is 0 Å². The van der Waals surface area contributed by atoms with E-state index in [-0.39, 0.29) is 17.1 Å². The van der Waals surface area contributed by atoms with E-state index in [0.29, 0.717) is 26.2 Å². The standard InChI is InChI=1S/C17H14FN5O4/c18-13-1-3-14(4-2-13)20-5-7-21(8-6-20)17-15(22(24)25)9-12(11-19)10-16(17)23(26)27/h1-4,9-10H,5-8H2. The fourth-order valence-electron chi connectivity index (χ4n) is 3.11. The van der Waals surface area contributed by atoms with Crippen LogP contribution in [-0.2, 0) is 0 Å². The Morgan fingerprint density at radius 2 is 1.41 bits per heavy atom. The number of nitrogens with zero attached hydrogens (tertiary/aromatic N) is 5. The molecule has 10 heteroatoms. The van der Waals surface area contributed by atoms with Gasteiger partial charge >= 0.3 is 11.4 Å². The van der Waals surface area contributed by atoms with Crippen LogP contribution in [0, 0.1) is 37.4 Å². The maximum atomic E-state index is 13.1. The van der Waals surface area contributed by atoms with Crippen LogP contribution in [0.4, 0.5) is 27.1 Å². The summed E-state index contributed by atoms with van der Waals surface area (Å²) in [6.07, 6.45) is 0. The van der Waals surface area contributed by atoms with Crippen molar-refractivity contribution in [2.75, 3.05) is 36.0 Å². The lowest BCUT2D eigenvalue weighted by Gasteiger charge is -2.36. The van der Waals surface area contributed by atoms with Gasteiger partial charge in [-0.05, 0) is 24.3 Å². The van der Waals surface area contributed by atoms with Crippen LogP contribution < -0.4 is 9.80 Å². The first-order valence-corrected chi connectivity index (χ1v) is 8.03. The third kappa shape index (κ3) is 3.62. The second-order valence-corrected chi connectivity index (χ2v) is 5.94. The summed E-state index contributed by atoms with van der Waals surface area (Å²) in [5.74, 6) is -0.346. The van der Waals surface area contributed by atoms with Crippen LogP contribution in [0.15, 0.2) is 36.4 Å². The lowest BCUT2D eigenvalue weighted by molar-refractivity contribution is -0.392. The van der Waals surface area contributed by atoms with Gasteiger partial charge in [-0.2, -0.15) is 5.26 Å². The first kappa shape index (κ1) is 18.1. The summed E-state index contributed by atoms with van der Waals surface area (Å²) in [5, 5.41) is 31.8. The van der Waals surface area contributed by atoms with E-state index in [2.05, 4.69) is 0 Å². The van der Waals surface area contributed by atoms with Gasteiger partial charge in [0.1, 0.15) is 5.82 Å². The highest BCUT2D eigenvalue weighted by molar-refractivity contribution is 5.77. The van der Waals surface area contributed by atoms with Crippen molar-refractivity contribution >= 4 is 22.7 Å². The molecule has 0 aliphatic carbocycles. The lowest BCUT2D eigenvalue weighted by Crippen LogP contribution is -2.46. The van der Waals surface area contributed by atoms with E-state index < -0.39 is 21.2 Å². The van der Waals surface area contributed by atoms with E-state index in [0.717, 1.165) is 17.8 Å². The molecule has 0 unspecified atom stereocenters. The molecule has 3 rings (SSSR count). The molecule has 1 heterocycles. The number of rotatable bonds is 4. The summed E-state index contributed by atoms with van der Waals surface area (Å²) in [7, 11) is 0. The SMILES string of the molecule is N#Cc1cc([N+](=O)[O-])c(N2CCN(c3ccc(F)cc3)CC2)c([N+](=O)[O-])c1. The quantitative estimate of drug-likeness (QED) is 0.599. The van der Waals surface area contributed by atoms with Gasteiger partial charge in [0.15, 0.2) is 5.69 Å². The molecule has 2 aromatic carbocycles. The zero-order chi connectivity index (χ0) is 19.6.